The summed E-state index contributed by atoms with van der Waals surface area (Å²) in [7, 11) is -4.20. The Kier molecular flexibility index (Phi) is 4.53. The molecular weight excluding hydrogens is 362 g/mol. The quantitative estimate of drug-likeness (QED) is 0.798. The lowest BCUT2D eigenvalue weighted by Crippen LogP contribution is -2.15. The predicted octanol–water partition coefficient (Wildman–Crippen LogP) is 4.17. The third-order valence-electron chi connectivity index (χ3n) is 2.46. The van der Waals surface area contributed by atoms with E-state index in [1.165, 1.54) is 18.2 Å². The first-order chi connectivity index (χ1) is 9.70. The fraction of sp³-hybridized carbons (Fsp3) is 0. The normalized spacial score (nSPS) is 11.4. The van der Waals surface area contributed by atoms with Crippen molar-refractivity contribution in [2.24, 2.45) is 0 Å². The molecule has 112 valence electrons. The fourth-order valence-electron chi connectivity index (χ4n) is 1.61. The average Bonchev–Trinajstić information content (AvgIpc) is 2.31. The summed E-state index contributed by atoms with van der Waals surface area (Å²) >= 11 is 17.4. The summed E-state index contributed by atoms with van der Waals surface area (Å²) in [6.45, 7) is 0. The molecule has 0 saturated heterocycles. The van der Waals surface area contributed by atoms with Gasteiger partial charge in [-0.25, -0.2) is 12.8 Å². The smallest absolute Gasteiger partial charge is 0.264 e. The minimum absolute atomic E-state index is 0.170. The maximum absolute atomic E-state index is 13.6. The number of halogens is 4. The zero-order chi connectivity index (χ0) is 15.8. The van der Waals surface area contributed by atoms with Crippen molar-refractivity contribution in [1.82, 2.24) is 0 Å². The number of sulfonamides is 1. The van der Waals surface area contributed by atoms with Crippen LogP contribution in [-0.4, -0.2) is 8.42 Å². The molecule has 0 fully saturated rings. The lowest BCUT2D eigenvalue weighted by Gasteiger charge is -2.12. The Labute approximate surface area is 135 Å². The van der Waals surface area contributed by atoms with Gasteiger partial charge in [-0.15, -0.1) is 0 Å². The van der Waals surface area contributed by atoms with Gasteiger partial charge in [-0.1, -0.05) is 34.8 Å². The molecule has 0 aliphatic rings. The summed E-state index contributed by atoms with van der Waals surface area (Å²) in [5.74, 6) is -0.786. The van der Waals surface area contributed by atoms with E-state index in [1.54, 1.807) is 0 Å². The van der Waals surface area contributed by atoms with Gasteiger partial charge < -0.3 is 5.73 Å². The molecule has 0 aromatic heterocycles. The molecule has 2 aromatic rings. The van der Waals surface area contributed by atoms with E-state index in [4.69, 9.17) is 40.5 Å². The molecule has 4 nitrogen and oxygen atoms in total. The number of nitrogen functional groups attached to an aromatic ring is 1. The number of rotatable bonds is 3. The molecular formula is C12H8Cl3FN2O2S. The molecule has 0 aliphatic heterocycles. The Morgan fingerprint density at radius 3 is 2.19 bits per heavy atom. The lowest BCUT2D eigenvalue weighted by atomic mass is 10.3. The van der Waals surface area contributed by atoms with E-state index in [9.17, 15) is 12.8 Å². The van der Waals surface area contributed by atoms with E-state index in [-0.39, 0.29) is 31.3 Å². The summed E-state index contributed by atoms with van der Waals surface area (Å²) in [5, 5.41) is -0.173. The molecule has 0 unspecified atom stereocenters. The van der Waals surface area contributed by atoms with Gasteiger partial charge in [-0.05, 0) is 30.3 Å². The highest BCUT2D eigenvalue weighted by Gasteiger charge is 2.23. The topological polar surface area (TPSA) is 72.2 Å². The molecule has 9 heteroatoms. The second-order valence-corrected chi connectivity index (χ2v) is 6.91. The van der Waals surface area contributed by atoms with Crippen LogP contribution in [0.3, 0.4) is 0 Å². The predicted molar refractivity (Wildman–Crippen MR) is 83.1 cm³/mol. The van der Waals surface area contributed by atoms with Crippen molar-refractivity contribution in [2.75, 3.05) is 10.5 Å². The van der Waals surface area contributed by atoms with E-state index in [0.717, 1.165) is 12.1 Å². The van der Waals surface area contributed by atoms with E-state index >= 15 is 0 Å². The number of hydrogen-bond acceptors (Lipinski definition) is 3. The average molecular weight is 370 g/mol. The monoisotopic (exact) mass is 368 g/mol. The maximum atomic E-state index is 13.6. The third kappa shape index (κ3) is 3.52. The molecule has 0 heterocycles. The summed E-state index contributed by atoms with van der Waals surface area (Å²) in [6.07, 6.45) is 0. The van der Waals surface area contributed by atoms with Gasteiger partial charge >= 0.3 is 0 Å². The van der Waals surface area contributed by atoms with Crippen LogP contribution in [0, 0.1) is 5.82 Å². The van der Waals surface area contributed by atoms with Crippen molar-refractivity contribution in [3.05, 3.63) is 51.2 Å². The summed E-state index contributed by atoms with van der Waals surface area (Å²) in [6, 6.07) is 5.92. The van der Waals surface area contributed by atoms with Gasteiger partial charge in [0.25, 0.3) is 10.0 Å². The number of nitrogens with two attached hydrogens (primary N) is 1. The Morgan fingerprint density at radius 1 is 1.05 bits per heavy atom. The van der Waals surface area contributed by atoms with Crippen molar-refractivity contribution in [2.45, 2.75) is 4.90 Å². The standard InChI is InChI=1S/C12H8Cl3FN2O2S/c13-6-1-2-10(16)11(3-6)18-21(19,20)12-8(14)4-7(17)5-9(12)15/h1-5,18H,17H2. The van der Waals surface area contributed by atoms with Gasteiger partial charge in [0.15, 0.2) is 0 Å². The van der Waals surface area contributed by atoms with Gasteiger partial charge in [-0.3, -0.25) is 4.72 Å². The number of nitrogens with one attached hydrogen (secondary N) is 1. The van der Waals surface area contributed by atoms with Crippen LogP contribution in [0.2, 0.25) is 15.1 Å². The zero-order valence-electron chi connectivity index (χ0n) is 10.2. The highest BCUT2D eigenvalue weighted by atomic mass is 35.5. The Hall–Kier alpha value is -1.21. The molecule has 0 atom stereocenters. The van der Waals surface area contributed by atoms with Crippen LogP contribution in [0.25, 0.3) is 0 Å². The molecule has 2 rings (SSSR count). The number of hydrogen-bond donors (Lipinski definition) is 2. The highest BCUT2D eigenvalue weighted by Crippen LogP contribution is 2.33. The zero-order valence-corrected chi connectivity index (χ0v) is 13.3. The molecule has 21 heavy (non-hydrogen) atoms. The Morgan fingerprint density at radius 2 is 1.62 bits per heavy atom. The second kappa shape index (κ2) is 5.88. The largest absolute Gasteiger partial charge is 0.399 e. The first-order valence-electron chi connectivity index (χ1n) is 5.43. The highest BCUT2D eigenvalue weighted by molar-refractivity contribution is 7.93. The summed E-state index contributed by atoms with van der Waals surface area (Å²) in [4.78, 5) is -0.389. The first-order valence-corrected chi connectivity index (χ1v) is 8.05. The Bertz CT molecular complexity index is 789. The summed E-state index contributed by atoms with van der Waals surface area (Å²) < 4.78 is 40.2. The van der Waals surface area contributed by atoms with Crippen LogP contribution < -0.4 is 10.5 Å². The Balaban J connectivity index is 2.51. The minimum atomic E-state index is -4.20. The number of benzene rings is 2. The van der Waals surface area contributed by atoms with Crippen molar-refractivity contribution in [3.8, 4) is 0 Å². The molecule has 0 spiro atoms. The third-order valence-corrected chi connectivity index (χ3v) is 4.98. The van der Waals surface area contributed by atoms with Crippen LogP contribution >= 0.6 is 34.8 Å². The van der Waals surface area contributed by atoms with Crippen LogP contribution in [0.15, 0.2) is 35.2 Å². The van der Waals surface area contributed by atoms with Crippen LogP contribution in [0.1, 0.15) is 0 Å². The fourth-order valence-corrected chi connectivity index (χ4v) is 4.07. The van der Waals surface area contributed by atoms with Gasteiger partial charge in [-0.2, -0.15) is 0 Å². The maximum Gasteiger partial charge on any atom is 0.264 e. The van der Waals surface area contributed by atoms with Gasteiger partial charge in [0.1, 0.15) is 10.7 Å². The SMILES string of the molecule is Nc1cc(Cl)c(S(=O)(=O)Nc2cc(Cl)ccc2F)c(Cl)c1. The van der Waals surface area contributed by atoms with E-state index in [2.05, 4.69) is 0 Å². The van der Waals surface area contributed by atoms with E-state index in [1.807, 2.05) is 4.72 Å². The van der Waals surface area contributed by atoms with Crippen molar-refractivity contribution >= 4 is 56.2 Å². The number of anilines is 2. The lowest BCUT2D eigenvalue weighted by molar-refractivity contribution is 0.598. The van der Waals surface area contributed by atoms with Crippen molar-refractivity contribution in [1.29, 1.82) is 0 Å². The molecule has 0 amide bonds. The van der Waals surface area contributed by atoms with Crippen LogP contribution in [0.4, 0.5) is 15.8 Å². The van der Waals surface area contributed by atoms with Gasteiger partial charge in [0.2, 0.25) is 0 Å². The van der Waals surface area contributed by atoms with Crippen molar-refractivity contribution < 1.29 is 12.8 Å². The first kappa shape index (κ1) is 16.2. The molecule has 0 bridgehead atoms. The summed E-state index contributed by atoms with van der Waals surface area (Å²) in [5.41, 5.74) is 5.40. The molecule has 2 aromatic carbocycles. The van der Waals surface area contributed by atoms with Crippen LogP contribution in [0.5, 0.6) is 0 Å². The van der Waals surface area contributed by atoms with Crippen molar-refractivity contribution in [3.63, 3.8) is 0 Å². The van der Waals surface area contributed by atoms with Crippen LogP contribution in [-0.2, 0) is 10.0 Å². The second-order valence-electron chi connectivity index (χ2n) is 4.04. The molecule has 3 N–H and O–H groups in total. The minimum Gasteiger partial charge on any atom is -0.399 e. The van der Waals surface area contributed by atoms with Gasteiger partial charge in [0.05, 0.1) is 15.7 Å². The van der Waals surface area contributed by atoms with E-state index < -0.39 is 15.8 Å². The van der Waals surface area contributed by atoms with E-state index in [0.29, 0.717) is 0 Å². The van der Waals surface area contributed by atoms with Gasteiger partial charge in [0, 0.05) is 10.7 Å². The molecule has 0 aliphatic carbocycles. The molecule has 0 radical (unpaired) electrons. The molecule has 0 saturated carbocycles.